The van der Waals surface area contributed by atoms with Gasteiger partial charge in [-0.2, -0.15) is 0 Å². The smallest absolute Gasteiger partial charge is 0.331 e. The van der Waals surface area contributed by atoms with Crippen molar-refractivity contribution in [3.63, 3.8) is 0 Å². The summed E-state index contributed by atoms with van der Waals surface area (Å²) in [6.45, 7) is 4.74. The molecule has 1 fully saturated rings. The fourth-order valence-corrected chi connectivity index (χ4v) is 3.72. The zero-order valence-electron chi connectivity index (χ0n) is 16.6. The van der Waals surface area contributed by atoms with Gasteiger partial charge in [0.2, 0.25) is 5.75 Å². The third kappa shape index (κ3) is 4.58. The van der Waals surface area contributed by atoms with E-state index in [1.54, 1.807) is 25.3 Å². The molecule has 1 amide bonds. The molecule has 0 N–H and O–H groups in total. The molecule has 0 radical (unpaired) electrons. The first-order chi connectivity index (χ1) is 13.5. The fourth-order valence-electron chi connectivity index (χ4n) is 3.72. The van der Waals surface area contributed by atoms with Crippen LogP contribution >= 0.6 is 0 Å². The van der Waals surface area contributed by atoms with Gasteiger partial charge in [0.05, 0.1) is 7.11 Å². The summed E-state index contributed by atoms with van der Waals surface area (Å²) in [7, 11) is 1.55. The van der Waals surface area contributed by atoms with E-state index in [1.165, 1.54) is 6.08 Å². The molecule has 3 rings (SSSR count). The van der Waals surface area contributed by atoms with Gasteiger partial charge in [0.1, 0.15) is 13.2 Å². The molecule has 152 valence electrons. The molecule has 1 saturated heterocycles. The van der Waals surface area contributed by atoms with Crippen LogP contribution < -0.4 is 14.2 Å². The van der Waals surface area contributed by atoms with Crippen LogP contribution in [-0.2, 0) is 14.3 Å². The first-order valence-electron chi connectivity index (χ1n) is 9.63. The largest absolute Gasteiger partial charge is 0.493 e. The summed E-state index contributed by atoms with van der Waals surface area (Å²) in [6.07, 6.45) is 5.97. The molecule has 1 aromatic rings. The Hall–Kier alpha value is -2.70. The predicted octanol–water partition coefficient (Wildman–Crippen LogP) is 2.81. The van der Waals surface area contributed by atoms with Gasteiger partial charge in [-0.15, -0.1) is 0 Å². The van der Waals surface area contributed by atoms with E-state index in [4.69, 9.17) is 18.9 Å². The number of carbonyl (C=O) groups excluding carboxylic acids is 2. The van der Waals surface area contributed by atoms with Gasteiger partial charge in [-0.25, -0.2) is 4.79 Å². The van der Waals surface area contributed by atoms with E-state index in [0.717, 1.165) is 19.3 Å². The maximum Gasteiger partial charge on any atom is 0.331 e. The Bertz CT molecular complexity index is 732. The van der Waals surface area contributed by atoms with Crippen LogP contribution in [0, 0.1) is 0 Å². The molecule has 1 aromatic carbocycles. The van der Waals surface area contributed by atoms with Crippen molar-refractivity contribution in [2.45, 2.75) is 45.2 Å². The van der Waals surface area contributed by atoms with Crippen molar-refractivity contribution in [2.24, 2.45) is 0 Å². The summed E-state index contributed by atoms with van der Waals surface area (Å²) >= 11 is 0. The van der Waals surface area contributed by atoms with Crippen LogP contribution in [0.15, 0.2) is 18.2 Å². The number of hydrogen-bond acceptors (Lipinski definition) is 6. The SMILES string of the molecule is COc1cc(/C=C/C(=O)OCC(=O)N2[C@H](C)CCC[C@@H]2C)cc2c1OCCO2. The van der Waals surface area contributed by atoms with Crippen LogP contribution in [-0.4, -0.2) is 55.8 Å². The van der Waals surface area contributed by atoms with Crippen molar-refractivity contribution >= 4 is 18.0 Å². The molecule has 7 heteroatoms. The second-order valence-corrected chi connectivity index (χ2v) is 7.12. The normalized spacial score (nSPS) is 21.5. The van der Waals surface area contributed by atoms with E-state index in [0.29, 0.717) is 36.0 Å². The monoisotopic (exact) mass is 389 g/mol. The minimum atomic E-state index is -0.570. The highest BCUT2D eigenvalue weighted by atomic mass is 16.6. The second-order valence-electron chi connectivity index (χ2n) is 7.12. The molecule has 0 spiro atoms. The summed E-state index contributed by atoms with van der Waals surface area (Å²) in [4.78, 5) is 26.3. The first kappa shape index (κ1) is 20.0. The Kier molecular flexibility index (Phi) is 6.44. The maximum atomic E-state index is 12.4. The van der Waals surface area contributed by atoms with E-state index >= 15 is 0 Å². The summed E-state index contributed by atoms with van der Waals surface area (Å²) < 4.78 is 21.6. The van der Waals surface area contributed by atoms with Gasteiger partial charge in [0.15, 0.2) is 18.1 Å². The topological polar surface area (TPSA) is 74.3 Å². The van der Waals surface area contributed by atoms with Gasteiger partial charge in [-0.05, 0) is 56.9 Å². The molecule has 0 unspecified atom stereocenters. The number of piperidine rings is 1. The number of benzene rings is 1. The summed E-state index contributed by atoms with van der Waals surface area (Å²) in [5.74, 6) is 0.946. The van der Waals surface area contributed by atoms with Crippen molar-refractivity contribution in [3.05, 3.63) is 23.8 Å². The third-order valence-electron chi connectivity index (χ3n) is 5.08. The van der Waals surface area contributed by atoms with Gasteiger partial charge in [-0.3, -0.25) is 4.79 Å². The van der Waals surface area contributed by atoms with Gasteiger partial charge in [-0.1, -0.05) is 0 Å². The van der Waals surface area contributed by atoms with Gasteiger partial charge < -0.3 is 23.8 Å². The van der Waals surface area contributed by atoms with Crippen LogP contribution in [0.25, 0.3) is 6.08 Å². The molecule has 2 atom stereocenters. The fraction of sp³-hybridized carbons (Fsp3) is 0.524. The van der Waals surface area contributed by atoms with E-state index in [-0.39, 0.29) is 24.6 Å². The van der Waals surface area contributed by atoms with Crippen LogP contribution in [0.5, 0.6) is 17.2 Å². The molecule has 7 nitrogen and oxygen atoms in total. The van der Waals surface area contributed by atoms with E-state index < -0.39 is 5.97 Å². The molecule has 2 aliphatic heterocycles. The standard InChI is InChI=1S/C21H27NO6/c1-14-5-4-6-15(2)22(14)19(23)13-28-20(24)8-7-16-11-17(25-3)21-18(12-16)26-9-10-27-21/h7-8,11-12,14-15H,4-6,9-10,13H2,1-3H3/b8-7+/t14-,15+. The van der Waals surface area contributed by atoms with Crippen LogP contribution in [0.1, 0.15) is 38.7 Å². The zero-order chi connectivity index (χ0) is 20.1. The average Bonchev–Trinajstić information content (AvgIpc) is 2.69. The Balaban J connectivity index is 1.59. The summed E-state index contributed by atoms with van der Waals surface area (Å²) in [5.41, 5.74) is 0.711. The van der Waals surface area contributed by atoms with Gasteiger partial charge in [0.25, 0.3) is 5.91 Å². The second kappa shape index (κ2) is 8.99. The lowest BCUT2D eigenvalue weighted by Crippen LogP contribution is -2.49. The number of ether oxygens (including phenoxy) is 4. The molecule has 0 saturated carbocycles. The Morgan fingerprint density at radius 1 is 1.18 bits per heavy atom. The predicted molar refractivity (Wildman–Crippen MR) is 104 cm³/mol. The van der Waals surface area contributed by atoms with Gasteiger partial charge >= 0.3 is 5.97 Å². The van der Waals surface area contributed by atoms with Crippen LogP contribution in [0.2, 0.25) is 0 Å². The number of methoxy groups -OCH3 is 1. The molecule has 0 aromatic heterocycles. The lowest BCUT2D eigenvalue weighted by atomic mass is 9.97. The number of amides is 1. The number of hydrogen-bond donors (Lipinski definition) is 0. The van der Waals surface area contributed by atoms with E-state index in [1.807, 2.05) is 18.7 Å². The molecule has 0 bridgehead atoms. The minimum absolute atomic E-state index is 0.151. The highest BCUT2D eigenvalue weighted by molar-refractivity contribution is 5.89. The van der Waals surface area contributed by atoms with Crippen molar-refractivity contribution in [2.75, 3.05) is 26.9 Å². The quantitative estimate of drug-likeness (QED) is 0.570. The Labute approximate surface area is 165 Å². The number of esters is 1. The number of nitrogens with zero attached hydrogens (tertiary/aromatic N) is 1. The molecule has 28 heavy (non-hydrogen) atoms. The van der Waals surface area contributed by atoms with Crippen molar-refractivity contribution in [1.29, 1.82) is 0 Å². The maximum absolute atomic E-state index is 12.4. The van der Waals surface area contributed by atoms with Crippen LogP contribution in [0.4, 0.5) is 0 Å². The highest BCUT2D eigenvalue weighted by Crippen LogP contribution is 2.40. The van der Waals surface area contributed by atoms with Crippen LogP contribution in [0.3, 0.4) is 0 Å². The van der Waals surface area contributed by atoms with Gasteiger partial charge in [0, 0.05) is 18.2 Å². The number of carbonyl (C=O) groups is 2. The third-order valence-corrected chi connectivity index (χ3v) is 5.08. The average molecular weight is 389 g/mol. The van der Waals surface area contributed by atoms with Crippen molar-refractivity contribution < 1.29 is 28.5 Å². The minimum Gasteiger partial charge on any atom is -0.493 e. The molecule has 0 aliphatic carbocycles. The van der Waals surface area contributed by atoms with Crippen molar-refractivity contribution in [3.8, 4) is 17.2 Å². The summed E-state index contributed by atoms with van der Waals surface area (Å²) in [6, 6.07) is 3.87. The Morgan fingerprint density at radius 2 is 1.89 bits per heavy atom. The molecule has 2 aliphatic rings. The number of likely N-dealkylation sites (tertiary alicyclic amines) is 1. The van der Waals surface area contributed by atoms with E-state index in [9.17, 15) is 9.59 Å². The zero-order valence-corrected chi connectivity index (χ0v) is 16.6. The first-order valence-corrected chi connectivity index (χ1v) is 9.63. The summed E-state index contributed by atoms with van der Waals surface area (Å²) in [5, 5.41) is 0. The number of fused-ring (bicyclic) bond motifs is 1. The lowest BCUT2D eigenvalue weighted by molar-refractivity contribution is -0.151. The Morgan fingerprint density at radius 3 is 2.61 bits per heavy atom. The molecular weight excluding hydrogens is 362 g/mol. The molecular formula is C21H27NO6. The number of rotatable bonds is 5. The van der Waals surface area contributed by atoms with E-state index in [2.05, 4.69) is 0 Å². The lowest BCUT2D eigenvalue weighted by Gasteiger charge is -2.38. The highest BCUT2D eigenvalue weighted by Gasteiger charge is 2.29. The molecule has 2 heterocycles. The van der Waals surface area contributed by atoms with Crippen molar-refractivity contribution in [1.82, 2.24) is 4.90 Å².